The van der Waals surface area contributed by atoms with Crippen molar-refractivity contribution in [1.29, 1.82) is 0 Å². The standard InChI is InChI=1S/C27H19ClN2O5S/c1-3-34-19-11-8-14(12-20(19)33-2)23-22-24(31)16-6-4-5-7-18(16)35-25(22)26(32)30(23)27-29-17-10-9-15(28)13-21(17)36-27/h4-13,23H,3H2,1-2H3/t23-/m1/s1. The maximum atomic E-state index is 13.8. The van der Waals surface area contributed by atoms with Crippen LogP contribution in [0, 0.1) is 0 Å². The van der Waals surface area contributed by atoms with Gasteiger partial charge >= 0.3 is 0 Å². The van der Waals surface area contributed by atoms with Gasteiger partial charge in [0.05, 0.1) is 40.9 Å². The third kappa shape index (κ3) is 3.44. The lowest BCUT2D eigenvalue weighted by Crippen LogP contribution is -2.29. The fourth-order valence-electron chi connectivity index (χ4n) is 4.55. The minimum Gasteiger partial charge on any atom is -0.493 e. The number of hydrogen-bond donors (Lipinski definition) is 0. The molecule has 0 saturated heterocycles. The van der Waals surface area contributed by atoms with E-state index >= 15 is 0 Å². The zero-order valence-electron chi connectivity index (χ0n) is 19.3. The van der Waals surface area contributed by atoms with Crippen LogP contribution in [-0.4, -0.2) is 24.6 Å². The maximum absolute atomic E-state index is 13.8. The highest BCUT2D eigenvalue weighted by atomic mass is 35.5. The largest absolute Gasteiger partial charge is 0.493 e. The van der Waals surface area contributed by atoms with Crippen LogP contribution in [0.15, 0.2) is 69.9 Å². The first-order valence-electron chi connectivity index (χ1n) is 11.3. The molecule has 36 heavy (non-hydrogen) atoms. The van der Waals surface area contributed by atoms with Gasteiger partial charge in [0.1, 0.15) is 5.58 Å². The lowest BCUT2D eigenvalue weighted by atomic mass is 9.98. The van der Waals surface area contributed by atoms with Crippen molar-refractivity contribution < 1.29 is 18.7 Å². The maximum Gasteiger partial charge on any atom is 0.297 e. The van der Waals surface area contributed by atoms with Gasteiger partial charge in [0, 0.05) is 5.02 Å². The van der Waals surface area contributed by atoms with Crippen molar-refractivity contribution in [2.45, 2.75) is 13.0 Å². The topological polar surface area (TPSA) is 81.9 Å². The number of amides is 1. The van der Waals surface area contributed by atoms with Gasteiger partial charge in [-0.15, -0.1) is 0 Å². The molecular weight excluding hydrogens is 500 g/mol. The van der Waals surface area contributed by atoms with Crippen LogP contribution in [0.5, 0.6) is 11.5 Å². The molecule has 0 spiro atoms. The van der Waals surface area contributed by atoms with E-state index in [4.69, 9.17) is 30.5 Å². The van der Waals surface area contributed by atoms with E-state index in [0.29, 0.717) is 50.3 Å². The Labute approximate surface area is 214 Å². The second-order valence-electron chi connectivity index (χ2n) is 8.20. The minimum absolute atomic E-state index is 0.00819. The zero-order chi connectivity index (χ0) is 25.0. The number of hydrogen-bond acceptors (Lipinski definition) is 7. The highest BCUT2D eigenvalue weighted by Crippen LogP contribution is 2.45. The quantitative estimate of drug-likeness (QED) is 0.275. The first-order chi connectivity index (χ1) is 17.5. The average molecular weight is 519 g/mol. The van der Waals surface area contributed by atoms with Gasteiger partial charge in [0.25, 0.3) is 5.91 Å². The molecule has 1 atom stereocenters. The van der Waals surface area contributed by atoms with Gasteiger partial charge in [-0.25, -0.2) is 4.98 Å². The zero-order valence-corrected chi connectivity index (χ0v) is 20.9. The summed E-state index contributed by atoms with van der Waals surface area (Å²) in [4.78, 5) is 33.8. The molecule has 1 amide bonds. The fraction of sp³-hybridized carbons (Fsp3) is 0.148. The van der Waals surface area contributed by atoms with E-state index in [-0.39, 0.29) is 16.8 Å². The smallest absolute Gasteiger partial charge is 0.297 e. The Morgan fingerprint density at radius 2 is 1.92 bits per heavy atom. The number of ether oxygens (including phenoxy) is 2. The van der Waals surface area contributed by atoms with Crippen LogP contribution in [0.4, 0.5) is 5.13 Å². The van der Waals surface area contributed by atoms with Gasteiger partial charge < -0.3 is 13.9 Å². The second kappa shape index (κ2) is 8.65. The van der Waals surface area contributed by atoms with E-state index in [9.17, 15) is 9.59 Å². The second-order valence-corrected chi connectivity index (χ2v) is 9.65. The van der Waals surface area contributed by atoms with Crippen molar-refractivity contribution in [1.82, 2.24) is 4.98 Å². The molecule has 0 aliphatic carbocycles. The molecule has 0 bridgehead atoms. The van der Waals surface area contributed by atoms with Crippen LogP contribution in [-0.2, 0) is 0 Å². The summed E-state index contributed by atoms with van der Waals surface area (Å²) in [5.74, 6) is 0.640. The highest BCUT2D eigenvalue weighted by Gasteiger charge is 2.45. The summed E-state index contributed by atoms with van der Waals surface area (Å²) in [5, 5.41) is 1.42. The lowest BCUT2D eigenvalue weighted by molar-refractivity contribution is 0.0971. The lowest BCUT2D eigenvalue weighted by Gasteiger charge is -2.23. The van der Waals surface area contributed by atoms with Gasteiger partial charge in [-0.05, 0) is 55.0 Å². The van der Waals surface area contributed by atoms with Gasteiger partial charge in [-0.3, -0.25) is 14.5 Å². The molecule has 6 rings (SSSR count). The van der Waals surface area contributed by atoms with Crippen molar-refractivity contribution in [3.63, 3.8) is 0 Å². The molecule has 2 aromatic heterocycles. The van der Waals surface area contributed by atoms with Crippen LogP contribution in [0.3, 0.4) is 0 Å². The van der Waals surface area contributed by atoms with Crippen LogP contribution < -0.4 is 19.8 Å². The molecular formula is C27H19ClN2O5S. The summed E-state index contributed by atoms with van der Waals surface area (Å²) in [6.45, 7) is 2.35. The summed E-state index contributed by atoms with van der Waals surface area (Å²) in [6, 6.07) is 16.9. The van der Waals surface area contributed by atoms with Crippen LogP contribution in [0.1, 0.15) is 34.6 Å². The van der Waals surface area contributed by atoms with Crippen molar-refractivity contribution in [3.05, 3.63) is 92.8 Å². The van der Waals surface area contributed by atoms with E-state index in [1.807, 2.05) is 13.0 Å². The normalized spacial score (nSPS) is 15.0. The first-order valence-corrected chi connectivity index (χ1v) is 12.5. The van der Waals surface area contributed by atoms with E-state index in [0.717, 1.165) is 4.70 Å². The molecule has 0 radical (unpaired) electrons. The SMILES string of the molecule is CCOc1ccc([C@@H]2c3c(oc4ccccc4c3=O)C(=O)N2c2nc3ccc(Cl)cc3s2)cc1OC. The Bertz CT molecular complexity index is 1730. The van der Waals surface area contributed by atoms with Crippen LogP contribution in [0.25, 0.3) is 21.2 Å². The number of rotatable bonds is 5. The monoisotopic (exact) mass is 518 g/mol. The number of benzene rings is 3. The third-order valence-corrected chi connectivity index (χ3v) is 7.38. The summed E-state index contributed by atoms with van der Waals surface area (Å²) < 4.78 is 18.1. The van der Waals surface area contributed by atoms with E-state index in [1.54, 1.807) is 61.7 Å². The molecule has 3 aromatic carbocycles. The molecule has 180 valence electrons. The van der Waals surface area contributed by atoms with E-state index in [1.165, 1.54) is 16.2 Å². The Kier molecular flexibility index (Phi) is 5.43. The number of nitrogens with zero attached hydrogens (tertiary/aromatic N) is 2. The van der Waals surface area contributed by atoms with E-state index in [2.05, 4.69) is 0 Å². The Morgan fingerprint density at radius 1 is 1.08 bits per heavy atom. The number of carbonyl (C=O) groups is 1. The number of aromatic nitrogens is 1. The number of anilines is 1. The Morgan fingerprint density at radius 3 is 2.72 bits per heavy atom. The van der Waals surface area contributed by atoms with Crippen LogP contribution in [0.2, 0.25) is 5.02 Å². The molecule has 0 unspecified atom stereocenters. The molecule has 7 nitrogen and oxygen atoms in total. The van der Waals surface area contributed by atoms with Gasteiger partial charge in [0.15, 0.2) is 22.1 Å². The molecule has 9 heteroatoms. The van der Waals surface area contributed by atoms with E-state index < -0.39 is 11.9 Å². The Balaban J connectivity index is 1.61. The number of methoxy groups -OCH3 is 1. The van der Waals surface area contributed by atoms with Crippen molar-refractivity contribution in [2.75, 3.05) is 18.6 Å². The molecule has 0 saturated carbocycles. The molecule has 3 heterocycles. The molecule has 1 aliphatic rings. The highest BCUT2D eigenvalue weighted by molar-refractivity contribution is 7.22. The third-order valence-electron chi connectivity index (χ3n) is 6.13. The summed E-state index contributed by atoms with van der Waals surface area (Å²) in [5.41, 5.74) is 1.74. The summed E-state index contributed by atoms with van der Waals surface area (Å²) >= 11 is 7.51. The number of thiazole rings is 1. The van der Waals surface area contributed by atoms with Gasteiger partial charge in [-0.1, -0.05) is 41.1 Å². The van der Waals surface area contributed by atoms with Crippen molar-refractivity contribution in [2.24, 2.45) is 0 Å². The summed E-state index contributed by atoms with van der Waals surface area (Å²) in [7, 11) is 1.55. The number of fused-ring (bicyclic) bond motifs is 3. The predicted octanol–water partition coefficient (Wildman–Crippen LogP) is 6.21. The fourth-order valence-corrected chi connectivity index (χ4v) is 5.82. The number of para-hydroxylation sites is 1. The predicted molar refractivity (Wildman–Crippen MR) is 140 cm³/mol. The molecule has 0 N–H and O–H groups in total. The Hall–Kier alpha value is -3.88. The minimum atomic E-state index is -0.769. The molecule has 0 fully saturated rings. The van der Waals surface area contributed by atoms with Crippen molar-refractivity contribution in [3.8, 4) is 11.5 Å². The molecule has 1 aliphatic heterocycles. The van der Waals surface area contributed by atoms with Crippen molar-refractivity contribution >= 4 is 55.2 Å². The first kappa shape index (κ1) is 22.6. The van der Waals surface area contributed by atoms with Crippen LogP contribution >= 0.6 is 22.9 Å². The number of carbonyl (C=O) groups excluding carboxylic acids is 1. The van der Waals surface area contributed by atoms with Gasteiger partial charge in [0.2, 0.25) is 5.76 Å². The number of halogens is 1. The average Bonchev–Trinajstić information content (AvgIpc) is 3.43. The molecule has 5 aromatic rings. The van der Waals surface area contributed by atoms with Gasteiger partial charge in [-0.2, -0.15) is 0 Å². The summed E-state index contributed by atoms with van der Waals surface area (Å²) in [6.07, 6.45) is 0.